The highest BCUT2D eigenvalue weighted by Crippen LogP contribution is 2.17. The van der Waals surface area contributed by atoms with E-state index < -0.39 is 0 Å². The predicted molar refractivity (Wildman–Crippen MR) is 90.4 cm³/mol. The maximum Gasteiger partial charge on any atom is 0.276 e. The predicted octanol–water partition coefficient (Wildman–Crippen LogP) is 4.20. The highest BCUT2D eigenvalue weighted by Gasteiger charge is 2.13. The van der Waals surface area contributed by atoms with Gasteiger partial charge in [-0.3, -0.25) is 4.79 Å². The molecule has 0 atom stereocenters. The minimum absolute atomic E-state index is 0.226. The standard InChI is InChI=1S/C17H14BrN3O/c1-12-10-16(20-21(12)15-8-3-2-4-9-15)17(22)19-14-7-5-6-13(18)11-14/h2-11H,1H3,(H,19,22). The van der Waals surface area contributed by atoms with Crippen molar-refractivity contribution in [2.75, 3.05) is 5.32 Å². The SMILES string of the molecule is Cc1cc(C(=O)Nc2cccc(Br)c2)nn1-c1ccccc1. The third kappa shape index (κ3) is 3.09. The lowest BCUT2D eigenvalue weighted by molar-refractivity contribution is 0.102. The van der Waals surface area contributed by atoms with E-state index in [2.05, 4.69) is 26.3 Å². The number of aromatic nitrogens is 2. The van der Waals surface area contributed by atoms with Crippen LogP contribution in [0.4, 0.5) is 5.69 Å². The summed E-state index contributed by atoms with van der Waals surface area (Å²) in [5.74, 6) is -0.226. The molecule has 0 fully saturated rings. The summed E-state index contributed by atoms with van der Waals surface area (Å²) in [5.41, 5.74) is 2.96. The van der Waals surface area contributed by atoms with Gasteiger partial charge in [-0.05, 0) is 43.3 Å². The molecule has 0 spiro atoms. The maximum atomic E-state index is 12.3. The summed E-state index contributed by atoms with van der Waals surface area (Å²) in [6.07, 6.45) is 0. The largest absolute Gasteiger partial charge is 0.321 e. The number of nitrogens with zero attached hydrogens (tertiary/aromatic N) is 2. The Balaban J connectivity index is 1.85. The van der Waals surface area contributed by atoms with Crippen LogP contribution in [-0.2, 0) is 0 Å². The van der Waals surface area contributed by atoms with Crippen LogP contribution in [-0.4, -0.2) is 15.7 Å². The molecule has 0 saturated carbocycles. The molecule has 1 amide bonds. The van der Waals surface area contributed by atoms with Crippen molar-refractivity contribution < 1.29 is 4.79 Å². The fraction of sp³-hybridized carbons (Fsp3) is 0.0588. The third-order valence-corrected chi connectivity index (χ3v) is 3.70. The lowest BCUT2D eigenvalue weighted by Crippen LogP contribution is -2.13. The molecule has 110 valence electrons. The second kappa shape index (κ2) is 6.15. The Morgan fingerprint density at radius 3 is 2.59 bits per heavy atom. The fourth-order valence-corrected chi connectivity index (χ4v) is 2.58. The van der Waals surface area contributed by atoms with Gasteiger partial charge in [0.1, 0.15) is 0 Å². The quantitative estimate of drug-likeness (QED) is 0.765. The zero-order chi connectivity index (χ0) is 15.5. The summed E-state index contributed by atoms with van der Waals surface area (Å²) in [6, 6.07) is 19.0. The average molecular weight is 356 g/mol. The van der Waals surface area contributed by atoms with Crippen LogP contribution >= 0.6 is 15.9 Å². The number of halogens is 1. The monoisotopic (exact) mass is 355 g/mol. The van der Waals surface area contributed by atoms with Crippen molar-refractivity contribution in [3.63, 3.8) is 0 Å². The number of amides is 1. The second-order valence-corrected chi connectivity index (χ2v) is 5.80. The van der Waals surface area contributed by atoms with Crippen molar-refractivity contribution in [1.82, 2.24) is 9.78 Å². The van der Waals surface area contributed by atoms with E-state index in [1.807, 2.05) is 61.5 Å². The highest BCUT2D eigenvalue weighted by atomic mass is 79.9. The van der Waals surface area contributed by atoms with Crippen LogP contribution < -0.4 is 5.32 Å². The molecule has 0 unspecified atom stereocenters. The van der Waals surface area contributed by atoms with Crippen LogP contribution in [0.5, 0.6) is 0 Å². The summed E-state index contributed by atoms with van der Waals surface area (Å²) in [6.45, 7) is 1.93. The number of hydrogen-bond acceptors (Lipinski definition) is 2. The van der Waals surface area contributed by atoms with Crippen molar-refractivity contribution >= 4 is 27.5 Å². The van der Waals surface area contributed by atoms with Crippen molar-refractivity contribution in [2.45, 2.75) is 6.92 Å². The summed E-state index contributed by atoms with van der Waals surface area (Å²) in [5, 5.41) is 7.24. The first-order valence-corrected chi connectivity index (χ1v) is 7.62. The smallest absolute Gasteiger partial charge is 0.276 e. The van der Waals surface area contributed by atoms with E-state index >= 15 is 0 Å². The van der Waals surface area contributed by atoms with Crippen LogP contribution in [0.3, 0.4) is 0 Å². The maximum absolute atomic E-state index is 12.3. The van der Waals surface area contributed by atoms with Crippen molar-refractivity contribution in [3.8, 4) is 5.69 Å². The molecule has 1 aromatic heterocycles. The average Bonchev–Trinajstić information content (AvgIpc) is 2.90. The van der Waals surface area contributed by atoms with Crippen LogP contribution in [0.2, 0.25) is 0 Å². The normalized spacial score (nSPS) is 10.5. The highest BCUT2D eigenvalue weighted by molar-refractivity contribution is 9.10. The minimum Gasteiger partial charge on any atom is -0.321 e. The number of aryl methyl sites for hydroxylation is 1. The van der Waals surface area contributed by atoms with Crippen LogP contribution in [0, 0.1) is 6.92 Å². The Morgan fingerprint density at radius 1 is 1.09 bits per heavy atom. The van der Waals surface area contributed by atoms with E-state index in [1.165, 1.54) is 0 Å². The van der Waals surface area contributed by atoms with E-state index in [1.54, 1.807) is 10.7 Å². The van der Waals surface area contributed by atoms with Crippen LogP contribution in [0.15, 0.2) is 65.1 Å². The van der Waals surface area contributed by atoms with Gasteiger partial charge in [0.15, 0.2) is 5.69 Å². The lowest BCUT2D eigenvalue weighted by Gasteiger charge is -2.04. The second-order valence-electron chi connectivity index (χ2n) is 4.88. The molecule has 0 aliphatic rings. The van der Waals surface area contributed by atoms with E-state index in [0.29, 0.717) is 5.69 Å². The summed E-state index contributed by atoms with van der Waals surface area (Å²) in [4.78, 5) is 12.3. The Kier molecular flexibility index (Phi) is 4.06. The molecule has 0 aliphatic carbocycles. The number of carbonyl (C=O) groups is 1. The van der Waals surface area contributed by atoms with Gasteiger partial charge >= 0.3 is 0 Å². The number of rotatable bonds is 3. The number of benzene rings is 2. The van der Waals surface area contributed by atoms with Crippen molar-refractivity contribution in [1.29, 1.82) is 0 Å². The first kappa shape index (κ1) is 14.5. The molecule has 1 heterocycles. The molecule has 3 aromatic rings. The van der Waals surface area contributed by atoms with Gasteiger partial charge in [0, 0.05) is 15.9 Å². The first-order valence-electron chi connectivity index (χ1n) is 6.82. The van der Waals surface area contributed by atoms with E-state index in [0.717, 1.165) is 21.5 Å². The molecule has 0 radical (unpaired) electrons. The van der Waals surface area contributed by atoms with E-state index in [9.17, 15) is 4.79 Å². The van der Waals surface area contributed by atoms with Gasteiger partial charge in [0.2, 0.25) is 0 Å². The molecule has 0 bridgehead atoms. The molecular formula is C17H14BrN3O. The van der Waals surface area contributed by atoms with Gasteiger partial charge in [-0.15, -0.1) is 0 Å². The minimum atomic E-state index is -0.226. The zero-order valence-electron chi connectivity index (χ0n) is 12.0. The third-order valence-electron chi connectivity index (χ3n) is 3.20. The van der Waals surface area contributed by atoms with Crippen LogP contribution in [0.1, 0.15) is 16.2 Å². The van der Waals surface area contributed by atoms with Gasteiger partial charge in [-0.1, -0.05) is 40.2 Å². The zero-order valence-corrected chi connectivity index (χ0v) is 13.5. The number of anilines is 1. The number of para-hydroxylation sites is 1. The molecular weight excluding hydrogens is 342 g/mol. The molecule has 4 nitrogen and oxygen atoms in total. The summed E-state index contributed by atoms with van der Waals surface area (Å²) >= 11 is 3.38. The Hall–Kier alpha value is -2.40. The van der Waals surface area contributed by atoms with E-state index in [-0.39, 0.29) is 5.91 Å². The number of nitrogens with one attached hydrogen (secondary N) is 1. The van der Waals surface area contributed by atoms with Crippen molar-refractivity contribution in [3.05, 3.63) is 76.5 Å². The molecule has 2 aromatic carbocycles. The molecule has 0 saturated heterocycles. The fourth-order valence-electron chi connectivity index (χ4n) is 2.18. The van der Waals surface area contributed by atoms with Gasteiger partial charge in [-0.25, -0.2) is 4.68 Å². The summed E-state index contributed by atoms with van der Waals surface area (Å²) in [7, 11) is 0. The molecule has 1 N–H and O–H groups in total. The Bertz CT molecular complexity index is 812. The molecule has 22 heavy (non-hydrogen) atoms. The lowest BCUT2D eigenvalue weighted by atomic mass is 10.3. The Labute approximate surface area is 136 Å². The Morgan fingerprint density at radius 2 is 1.86 bits per heavy atom. The van der Waals surface area contributed by atoms with Crippen LogP contribution in [0.25, 0.3) is 5.69 Å². The first-order chi connectivity index (χ1) is 10.6. The number of carbonyl (C=O) groups excluding carboxylic acids is 1. The number of hydrogen-bond donors (Lipinski definition) is 1. The van der Waals surface area contributed by atoms with Gasteiger partial charge in [0.05, 0.1) is 5.69 Å². The molecule has 3 rings (SSSR count). The van der Waals surface area contributed by atoms with E-state index in [4.69, 9.17) is 0 Å². The molecule has 0 aliphatic heterocycles. The summed E-state index contributed by atoms with van der Waals surface area (Å²) < 4.78 is 2.67. The molecule has 5 heteroatoms. The van der Waals surface area contributed by atoms with Crippen molar-refractivity contribution in [2.24, 2.45) is 0 Å². The van der Waals surface area contributed by atoms with Gasteiger partial charge in [-0.2, -0.15) is 5.10 Å². The van der Waals surface area contributed by atoms with Gasteiger partial charge in [0.25, 0.3) is 5.91 Å². The topological polar surface area (TPSA) is 46.9 Å². The van der Waals surface area contributed by atoms with Gasteiger partial charge < -0.3 is 5.32 Å².